The third kappa shape index (κ3) is 3.28. The molecule has 5 rings (SSSR count). The summed E-state index contributed by atoms with van der Waals surface area (Å²) in [6.07, 6.45) is 0.292. The molecule has 3 heterocycles. The largest absolute Gasteiger partial charge is 0.454 e. The monoisotopic (exact) mass is 434 g/mol. The fraction of sp³-hybridized carbons (Fsp3) is 0.292. The molecule has 0 radical (unpaired) electrons. The number of ether oxygens (including phenoxy) is 2. The minimum Gasteiger partial charge on any atom is -0.454 e. The molecule has 32 heavy (non-hydrogen) atoms. The van der Waals surface area contributed by atoms with E-state index in [1.807, 2.05) is 32.0 Å². The van der Waals surface area contributed by atoms with E-state index in [1.165, 1.54) is 6.07 Å². The molecule has 1 atom stereocenters. The predicted octanol–water partition coefficient (Wildman–Crippen LogP) is 3.19. The molecule has 0 bridgehead atoms. The highest BCUT2D eigenvalue weighted by atomic mass is 16.7. The summed E-state index contributed by atoms with van der Waals surface area (Å²) in [6, 6.07) is 10.0. The molecule has 1 N–H and O–H groups in total. The molecular formula is C24H22N2O6. The van der Waals surface area contributed by atoms with Crippen molar-refractivity contribution in [2.24, 2.45) is 0 Å². The summed E-state index contributed by atoms with van der Waals surface area (Å²) in [6.45, 7) is 5.73. The quantitative estimate of drug-likeness (QED) is 0.500. The summed E-state index contributed by atoms with van der Waals surface area (Å²) in [4.78, 5) is 39.3. The van der Waals surface area contributed by atoms with Gasteiger partial charge in [0.15, 0.2) is 11.5 Å². The van der Waals surface area contributed by atoms with Crippen LogP contribution in [0.4, 0.5) is 4.79 Å². The number of hydrogen-bond acceptors (Lipinski definition) is 6. The molecular weight excluding hydrogens is 412 g/mol. The van der Waals surface area contributed by atoms with Gasteiger partial charge in [-0.1, -0.05) is 6.07 Å². The van der Waals surface area contributed by atoms with Gasteiger partial charge in [0.2, 0.25) is 6.79 Å². The molecule has 1 aromatic heterocycles. The average molecular weight is 434 g/mol. The molecule has 8 nitrogen and oxygen atoms in total. The second kappa shape index (κ2) is 7.12. The van der Waals surface area contributed by atoms with Crippen molar-refractivity contribution in [3.05, 3.63) is 69.1 Å². The lowest BCUT2D eigenvalue weighted by atomic mass is 9.92. The maximum atomic E-state index is 13.3. The van der Waals surface area contributed by atoms with Crippen LogP contribution in [0.15, 0.2) is 45.6 Å². The number of amides is 3. The van der Waals surface area contributed by atoms with E-state index in [2.05, 4.69) is 5.32 Å². The molecule has 164 valence electrons. The Morgan fingerprint density at radius 1 is 1.00 bits per heavy atom. The van der Waals surface area contributed by atoms with E-state index in [0.29, 0.717) is 34.5 Å². The number of benzene rings is 2. The van der Waals surface area contributed by atoms with Crippen LogP contribution in [0.2, 0.25) is 0 Å². The van der Waals surface area contributed by atoms with Crippen LogP contribution >= 0.6 is 0 Å². The summed E-state index contributed by atoms with van der Waals surface area (Å²) >= 11 is 0. The van der Waals surface area contributed by atoms with Gasteiger partial charge in [-0.3, -0.25) is 9.69 Å². The Balaban J connectivity index is 1.44. The lowest BCUT2D eigenvalue weighted by molar-refractivity contribution is -0.131. The third-order valence-corrected chi connectivity index (χ3v) is 6.11. The number of aryl methyl sites for hydroxylation is 2. The zero-order chi connectivity index (χ0) is 22.6. The van der Waals surface area contributed by atoms with E-state index in [1.54, 1.807) is 19.1 Å². The van der Waals surface area contributed by atoms with Crippen LogP contribution in [-0.4, -0.2) is 29.2 Å². The molecule has 1 saturated heterocycles. The van der Waals surface area contributed by atoms with Crippen LogP contribution < -0.4 is 20.4 Å². The van der Waals surface area contributed by atoms with Crippen LogP contribution in [0.5, 0.6) is 11.5 Å². The first-order chi connectivity index (χ1) is 15.2. The van der Waals surface area contributed by atoms with Crippen molar-refractivity contribution in [3.8, 4) is 11.5 Å². The molecule has 8 heteroatoms. The zero-order valence-corrected chi connectivity index (χ0v) is 18.0. The van der Waals surface area contributed by atoms with E-state index in [4.69, 9.17) is 13.9 Å². The second-order valence-corrected chi connectivity index (χ2v) is 8.54. The van der Waals surface area contributed by atoms with Gasteiger partial charge >= 0.3 is 11.7 Å². The molecule has 0 spiro atoms. The molecule has 0 aliphatic carbocycles. The van der Waals surface area contributed by atoms with Gasteiger partial charge in [0.25, 0.3) is 5.91 Å². The maximum absolute atomic E-state index is 13.3. The fourth-order valence-electron chi connectivity index (χ4n) is 4.25. The first-order valence-corrected chi connectivity index (χ1v) is 10.3. The maximum Gasteiger partial charge on any atom is 0.336 e. The van der Waals surface area contributed by atoms with Crippen LogP contribution in [0, 0.1) is 13.8 Å². The number of carbonyl (C=O) groups is 2. The van der Waals surface area contributed by atoms with Gasteiger partial charge in [-0.05, 0) is 67.3 Å². The van der Waals surface area contributed by atoms with Gasteiger partial charge in [0, 0.05) is 17.9 Å². The summed E-state index contributed by atoms with van der Waals surface area (Å²) < 4.78 is 16.1. The van der Waals surface area contributed by atoms with Gasteiger partial charge in [-0.25, -0.2) is 9.59 Å². The molecule has 2 aliphatic rings. The van der Waals surface area contributed by atoms with E-state index in [0.717, 1.165) is 21.6 Å². The summed E-state index contributed by atoms with van der Waals surface area (Å²) in [5.41, 5.74) is 2.21. The minimum atomic E-state index is -1.12. The van der Waals surface area contributed by atoms with Gasteiger partial charge in [0.05, 0.1) is 6.54 Å². The van der Waals surface area contributed by atoms with Crippen LogP contribution in [0.1, 0.15) is 29.2 Å². The minimum absolute atomic E-state index is 0.0218. The number of nitrogens with zero attached hydrogens (tertiary/aromatic N) is 1. The predicted molar refractivity (Wildman–Crippen MR) is 116 cm³/mol. The number of imide groups is 1. The molecule has 2 aromatic carbocycles. The number of carbonyl (C=O) groups excluding carboxylic acids is 2. The summed E-state index contributed by atoms with van der Waals surface area (Å²) in [7, 11) is 0. The molecule has 0 saturated carbocycles. The highest BCUT2D eigenvalue weighted by Crippen LogP contribution is 2.34. The van der Waals surface area contributed by atoms with Crippen molar-refractivity contribution in [1.29, 1.82) is 0 Å². The van der Waals surface area contributed by atoms with Crippen molar-refractivity contribution in [2.45, 2.75) is 39.3 Å². The zero-order valence-electron chi connectivity index (χ0n) is 18.0. The summed E-state index contributed by atoms with van der Waals surface area (Å²) in [5.74, 6) is 0.917. The smallest absolute Gasteiger partial charge is 0.336 e. The number of urea groups is 1. The van der Waals surface area contributed by atoms with Crippen molar-refractivity contribution < 1.29 is 23.5 Å². The molecule has 3 aromatic rings. The van der Waals surface area contributed by atoms with Crippen LogP contribution in [0.25, 0.3) is 11.0 Å². The van der Waals surface area contributed by atoms with Gasteiger partial charge in [0.1, 0.15) is 11.1 Å². The second-order valence-electron chi connectivity index (χ2n) is 8.54. The first kappa shape index (κ1) is 20.1. The first-order valence-electron chi connectivity index (χ1n) is 10.3. The third-order valence-electron chi connectivity index (χ3n) is 6.11. The highest BCUT2D eigenvalue weighted by molar-refractivity contribution is 6.07. The topological polar surface area (TPSA) is 98.1 Å². The van der Waals surface area contributed by atoms with Crippen molar-refractivity contribution >= 4 is 22.9 Å². The van der Waals surface area contributed by atoms with Crippen molar-refractivity contribution in [1.82, 2.24) is 10.2 Å². The Bertz CT molecular complexity index is 1340. The van der Waals surface area contributed by atoms with Crippen molar-refractivity contribution in [3.63, 3.8) is 0 Å². The number of hydrogen-bond donors (Lipinski definition) is 1. The number of nitrogens with one attached hydrogen (secondary N) is 1. The Kier molecular flexibility index (Phi) is 4.47. The van der Waals surface area contributed by atoms with Gasteiger partial charge in [-0.2, -0.15) is 0 Å². The van der Waals surface area contributed by atoms with Gasteiger partial charge < -0.3 is 19.2 Å². The molecule has 2 aliphatic heterocycles. The lowest BCUT2D eigenvalue weighted by Crippen LogP contribution is -2.45. The van der Waals surface area contributed by atoms with Crippen LogP contribution in [-0.2, 0) is 17.8 Å². The van der Waals surface area contributed by atoms with E-state index < -0.39 is 17.2 Å². The Morgan fingerprint density at radius 3 is 2.56 bits per heavy atom. The fourth-order valence-corrected chi connectivity index (χ4v) is 4.25. The van der Waals surface area contributed by atoms with E-state index in [9.17, 15) is 14.4 Å². The lowest BCUT2D eigenvalue weighted by Gasteiger charge is -2.22. The molecule has 1 fully saturated rings. The number of fused-ring (bicyclic) bond motifs is 2. The number of rotatable bonds is 4. The molecule has 1 unspecified atom stereocenters. The molecule has 3 amide bonds. The van der Waals surface area contributed by atoms with E-state index in [-0.39, 0.29) is 19.2 Å². The standard InChI is InChI=1S/C24H22N2O6/c1-13-6-17-16(9-21(27)32-19(17)7-14(13)2)11-26-22(28)24(3,25-23(26)29)10-15-4-5-18-20(8-15)31-12-30-18/h4-9H,10-12H2,1-3H3,(H,25,29). The SMILES string of the molecule is Cc1cc2oc(=O)cc(CN3C(=O)NC(C)(Cc4ccc5c(c4)OCO5)C3=O)c2cc1C. The Hall–Kier alpha value is -3.81. The average Bonchev–Trinajstić information content (AvgIpc) is 3.27. The Morgan fingerprint density at radius 2 is 1.75 bits per heavy atom. The highest BCUT2D eigenvalue weighted by Gasteiger charge is 2.47. The van der Waals surface area contributed by atoms with E-state index >= 15 is 0 Å². The van der Waals surface area contributed by atoms with Crippen LogP contribution in [0.3, 0.4) is 0 Å². The normalized spacial score (nSPS) is 19.7. The Labute approximate surface area is 183 Å². The summed E-state index contributed by atoms with van der Waals surface area (Å²) in [5, 5.41) is 3.52. The van der Waals surface area contributed by atoms with Crippen molar-refractivity contribution in [2.75, 3.05) is 6.79 Å². The van der Waals surface area contributed by atoms with Gasteiger partial charge in [-0.15, -0.1) is 0 Å².